The van der Waals surface area contributed by atoms with Crippen LogP contribution >= 0.6 is 0 Å². The van der Waals surface area contributed by atoms with Gasteiger partial charge >= 0.3 is 5.97 Å². The number of rotatable bonds is 12. The summed E-state index contributed by atoms with van der Waals surface area (Å²) in [6.45, 7) is 13.3. The first kappa shape index (κ1) is 58.1. The third-order valence-electron chi connectivity index (χ3n) is 22.2. The van der Waals surface area contributed by atoms with Gasteiger partial charge in [0.05, 0.1) is 38.1 Å². The lowest BCUT2D eigenvalue weighted by molar-refractivity contribution is -0.392. The van der Waals surface area contributed by atoms with Crippen molar-refractivity contribution in [3.05, 3.63) is 29.8 Å². The number of benzene rings is 1. The first-order chi connectivity index (χ1) is 37.1. The van der Waals surface area contributed by atoms with E-state index >= 15 is 0 Å². The van der Waals surface area contributed by atoms with Crippen LogP contribution in [-0.2, 0) is 47.4 Å². The van der Waals surface area contributed by atoms with Gasteiger partial charge in [0.25, 0.3) is 0 Å². The SMILES string of the molecule is COc1ccc(C=CC(=O)OCC2OC(OC3C(OC4C(OC5CCC67CC68CCC6(C)C9C(CC6(C)C8CCC7C5(C)C)OC5(O)C(OC(C)(C)C5O)C9C)OCC(O)C4O)OC(CO)C(O)C3O)C(O)C(O)C2O)cc1O. The third-order valence-corrected chi connectivity index (χ3v) is 22.2. The summed E-state index contributed by atoms with van der Waals surface area (Å²) in [5.74, 6) is -1.85. The van der Waals surface area contributed by atoms with Crippen LogP contribution in [0, 0.1) is 50.7 Å². The summed E-state index contributed by atoms with van der Waals surface area (Å²) in [7, 11) is 1.39. The fourth-order valence-electron chi connectivity index (χ4n) is 18.0. The van der Waals surface area contributed by atoms with Crippen molar-refractivity contribution in [2.24, 2.45) is 50.7 Å². The fourth-order valence-corrected chi connectivity index (χ4v) is 18.0. The Morgan fingerprint density at radius 1 is 0.747 bits per heavy atom. The molecule has 0 radical (unpaired) electrons. The van der Waals surface area contributed by atoms with Crippen molar-refractivity contribution in [3.63, 3.8) is 0 Å². The number of aliphatic hydroxyl groups excluding tert-OH is 9. The Kier molecular flexibility index (Phi) is 14.9. The van der Waals surface area contributed by atoms with Gasteiger partial charge in [0.2, 0.25) is 5.79 Å². The monoisotopic (exact) mass is 1120 g/mol. The molecule has 0 aromatic heterocycles. The molecule has 22 nitrogen and oxygen atoms in total. The number of carbonyl (C=O) groups is 1. The molecular weight excluding hydrogens is 1040 g/mol. The molecule has 27 atom stereocenters. The number of ether oxygens (including phenoxy) is 10. The second kappa shape index (κ2) is 20.2. The number of aromatic hydroxyl groups is 1. The number of methoxy groups -OCH3 is 1. The van der Waals surface area contributed by atoms with Crippen molar-refractivity contribution < 1.29 is 108 Å². The van der Waals surface area contributed by atoms with E-state index in [0.29, 0.717) is 17.9 Å². The second-order valence-electron chi connectivity index (χ2n) is 26.6. The van der Waals surface area contributed by atoms with Crippen LogP contribution in [-0.4, -0.2) is 211 Å². The van der Waals surface area contributed by atoms with Gasteiger partial charge < -0.3 is 104 Å². The molecule has 1 aromatic carbocycles. The fraction of sp³-hybridized carbons (Fsp3) is 0.842. The van der Waals surface area contributed by atoms with Crippen molar-refractivity contribution in [2.75, 3.05) is 26.9 Å². The molecule has 10 fully saturated rings. The van der Waals surface area contributed by atoms with Crippen LogP contribution in [0.2, 0.25) is 0 Å². The normalized spacial score (nSPS) is 52.2. The summed E-state index contributed by atoms with van der Waals surface area (Å²) in [4.78, 5) is 12.7. The van der Waals surface area contributed by atoms with E-state index in [1.807, 2.05) is 0 Å². The highest BCUT2D eigenvalue weighted by atomic mass is 16.8. The lowest BCUT2D eigenvalue weighted by Gasteiger charge is -2.63. The van der Waals surface area contributed by atoms with Crippen molar-refractivity contribution in [1.82, 2.24) is 0 Å². The van der Waals surface area contributed by atoms with Gasteiger partial charge in [-0.2, -0.15) is 0 Å². The molecular formula is C57H84O22. The first-order valence-electron chi connectivity index (χ1n) is 28.4. The third kappa shape index (κ3) is 8.81. The van der Waals surface area contributed by atoms with Crippen LogP contribution in [0.3, 0.4) is 0 Å². The maximum atomic E-state index is 12.7. The van der Waals surface area contributed by atoms with Crippen LogP contribution in [0.5, 0.6) is 11.5 Å². The average molecular weight is 1120 g/mol. The summed E-state index contributed by atoms with van der Waals surface area (Å²) in [6, 6.07) is 4.43. The number of esters is 1. The molecule has 11 rings (SSSR count). The van der Waals surface area contributed by atoms with E-state index < -0.39 is 140 Å². The van der Waals surface area contributed by atoms with Gasteiger partial charge in [0.15, 0.2) is 30.4 Å². The van der Waals surface area contributed by atoms with Crippen molar-refractivity contribution in [3.8, 4) is 11.5 Å². The van der Waals surface area contributed by atoms with Crippen molar-refractivity contribution in [1.29, 1.82) is 0 Å². The molecule has 444 valence electrons. The number of phenols is 1. The number of phenolic OH excluding ortho intramolecular Hbond substituents is 1. The van der Waals surface area contributed by atoms with Gasteiger partial charge in [-0.1, -0.05) is 40.7 Å². The summed E-state index contributed by atoms with van der Waals surface area (Å²) < 4.78 is 60.7. The number of aliphatic hydroxyl groups is 10. The Morgan fingerprint density at radius 3 is 2.13 bits per heavy atom. The van der Waals surface area contributed by atoms with E-state index in [4.69, 9.17) is 47.4 Å². The molecule has 0 bridgehead atoms. The zero-order valence-electron chi connectivity index (χ0n) is 46.3. The molecule has 79 heavy (non-hydrogen) atoms. The van der Waals surface area contributed by atoms with Crippen LogP contribution in [0.15, 0.2) is 24.3 Å². The Labute approximate surface area is 459 Å². The van der Waals surface area contributed by atoms with Gasteiger partial charge in [-0.3, -0.25) is 0 Å². The zero-order valence-corrected chi connectivity index (χ0v) is 46.3. The minimum Gasteiger partial charge on any atom is -0.504 e. The molecule has 5 saturated carbocycles. The van der Waals surface area contributed by atoms with Crippen molar-refractivity contribution >= 4 is 12.0 Å². The van der Waals surface area contributed by atoms with E-state index in [1.54, 1.807) is 19.9 Å². The molecule has 5 saturated heterocycles. The Hall–Kier alpha value is -2.69. The zero-order chi connectivity index (χ0) is 56.9. The van der Waals surface area contributed by atoms with Gasteiger partial charge in [0.1, 0.15) is 86.0 Å². The topological polar surface area (TPSA) is 332 Å². The predicted octanol–water partition coefficient (Wildman–Crippen LogP) is 0.748. The van der Waals surface area contributed by atoms with Crippen LogP contribution in [0.4, 0.5) is 0 Å². The minimum absolute atomic E-state index is 0.0389. The standard InChI is InChI=1S/C57H84O22/c1-25-37-30(78-57(69)46(25)79-52(4,5)50(57)68)20-54(7)34-13-12-33-51(2,3)35(15-16-55(33)24-56(34,55)18-17-53(37,54)6)75-48-44(38(62)28(60)22-72-48)77-49-45(42(66)39(63)31(21-58)73-49)76-47-43(67)41(65)40(64)32(74-47)23-71-36(61)14-10-26-9-11-29(70-8)27(59)19-26/h9-11,14,19,25,28,30-35,37-50,58-60,62-69H,12-13,15-18,20-24H2,1-8H3. The van der Waals surface area contributed by atoms with Crippen molar-refractivity contribution in [2.45, 2.75) is 222 Å². The number of hydrogen-bond donors (Lipinski definition) is 11. The summed E-state index contributed by atoms with van der Waals surface area (Å²) >= 11 is 0. The van der Waals surface area contributed by atoms with Gasteiger partial charge in [0, 0.05) is 6.08 Å². The molecule has 5 heterocycles. The Morgan fingerprint density at radius 2 is 1.42 bits per heavy atom. The van der Waals surface area contributed by atoms with Crippen LogP contribution in [0.1, 0.15) is 105 Å². The maximum Gasteiger partial charge on any atom is 0.330 e. The highest BCUT2D eigenvalue weighted by molar-refractivity contribution is 5.87. The average Bonchev–Trinajstić information content (AvgIpc) is 1.67. The Balaban J connectivity index is 0.777. The maximum absolute atomic E-state index is 12.7. The molecule has 2 spiro atoms. The highest BCUT2D eigenvalue weighted by Gasteiger charge is 2.84. The molecule has 5 aliphatic carbocycles. The number of carbonyl (C=O) groups excluding carboxylic acids is 1. The predicted molar refractivity (Wildman–Crippen MR) is 272 cm³/mol. The molecule has 10 aliphatic rings. The molecule has 27 unspecified atom stereocenters. The lowest BCUT2D eigenvalue weighted by Crippen LogP contribution is -2.66. The molecule has 5 aliphatic heterocycles. The smallest absolute Gasteiger partial charge is 0.330 e. The number of hydrogen-bond acceptors (Lipinski definition) is 22. The quantitative estimate of drug-likeness (QED) is 0.0781. The molecule has 0 amide bonds. The molecule has 22 heteroatoms. The van der Waals surface area contributed by atoms with E-state index in [-0.39, 0.29) is 63.6 Å². The highest BCUT2D eigenvalue weighted by Crippen LogP contribution is 2.89. The van der Waals surface area contributed by atoms with Gasteiger partial charge in [-0.15, -0.1) is 0 Å². The summed E-state index contributed by atoms with van der Waals surface area (Å²) in [5, 5.41) is 122. The largest absolute Gasteiger partial charge is 0.504 e. The first-order valence-corrected chi connectivity index (χ1v) is 28.4. The number of fused-ring (bicyclic) bond motifs is 5. The molecule has 1 aromatic rings. The van der Waals surface area contributed by atoms with Gasteiger partial charge in [-0.25, -0.2) is 4.79 Å². The van der Waals surface area contributed by atoms with E-state index in [0.717, 1.165) is 51.0 Å². The van der Waals surface area contributed by atoms with Crippen LogP contribution in [0.25, 0.3) is 6.08 Å². The second-order valence-corrected chi connectivity index (χ2v) is 26.6. The van der Waals surface area contributed by atoms with E-state index in [2.05, 4.69) is 34.6 Å². The summed E-state index contributed by atoms with van der Waals surface area (Å²) in [6.07, 6.45) is -16.6. The Bertz CT molecular complexity index is 2460. The van der Waals surface area contributed by atoms with E-state index in [9.17, 15) is 61.0 Å². The van der Waals surface area contributed by atoms with Gasteiger partial charge in [-0.05, 0) is 140 Å². The van der Waals surface area contributed by atoms with E-state index in [1.165, 1.54) is 25.3 Å². The lowest BCUT2D eigenvalue weighted by atomic mass is 9.41. The van der Waals surface area contributed by atoms with Crippen LogP contribution < -0.4 is 4.74 Å². The summed E-state index contributed by atoms with van der Waals surface area (Å²) in [5.41, 5.74) is -0.986. The minimum atomic E-state index is -1.99. The molecule has 11 N–H and O–H groups in total.